The second-order valence-corrected chi connectivity index (χ2v) is 11.0. The minimum Gasteiger partial charge on any atom is -0.0942 e. The molecular formula is C14H32S4. The zero-order valence-corrected chi connectivity index (χ0v) is 16.6. The molecule has 0 heterocycles. The van der Waals surface area contributed by atoms with Gasteiger partial charge >= 0.3 is 0 Å². The van der Waals surface area contributed by atoms with Gasteiger partial charge in [0.15, 0.2) is 0 Å². The van der Waals surface area contributed by atoms with Crippen LogP contribution in [0.3, 0.4) is 0 Å². The first-order valence-electron chi connectivity index (χ1n) is 6.93. The molecular weight excluding hydrogens is 296 g/mol. The van der Waals surface area contributed by atoms with Gasteiger partial charge in [-0.05, 0) is 11.8 Å². The molecule has 0 saturated carbocycles. The van der Waals surface area contributed by atoms with Crippen LogP contribution in [-0.4, -0.2) is 22.0 Å². The normalized spacial score (nSPS) is 14.3. The Hall–Kier alpha value is 1.40. The number of hydrogen-bond donors (Lipinski definition) is 0. The van der Waals surface area contributed by atoms with Crippen LogP contribution in [0.4, 0.5) is 0 Å². The van der Waals surface area contributed by atoms with E-state index in [1.54, 1.807) is 0 Å². The lowest BCUT2D eigenvalue weighted by atomic mass is 10.2. The highest BCUT2D eigenvalue weighted by molar-refractivity contribution is 8.77. The van der Waals surface area contributed by atoms with Crippen LogP contribution in [0.15, 0.2) is 0 Å². The Bertz CT molecular complexity index is 142. The predicted octanol–water partition coefficient (Wildman–Crippen LogP) is 6.86. The molecule has 0 bridgehead atoms. The lowest BCUT2D eigenvalue weighted by Gasteiger charge is -2.12. The summed E-state index contributed by atoms with van der Waals surface area (Å²) < 4.78 is 0. The van der Waals surface area contributed by atoms with Crippen molar-refractivity contribution in [2.45, 2.75) is 65.9 Å². The van der Waals surface area contributed by atoms with E-state index >= 15 is 0 Å². The first-order valence-corrected chi connectivity index (χ1v) is 11.7. The summed E-state index contributed by atoms with van der Waals surface area (Å²) in [4.78, 5) is 0. The van der Waals surface area contributed by atoms with Crippen LogP contribution >= 0.6 is 43.2 Å². The third kappa shape index (κ3) is 15.5. The molecule has 0 radical (unpaired) electrons. The largest absolute Gasteiger partial charge is 0.0942 e. The van der Waals surface area contributed by atoms with E-state index in [9.17, 15) is 0 Å². The Kier molecular flexibility index (Phi) is 17.8. The van der Waals surface area contributed by atoms with Crippen molar-refractivity contribution in [2.75, 3.05) is 11.5 Å². The van der Waals surface area contributed by atoms with Crippen LogP contribution in [0, 0.1) is 11.8 Å². The molecule has 2 atom stereocenters. The van der Waals surface area contributed by atoms with Crippen molar-refractivity contribution in [3.8, 4) is 0 Å². The summed E-state index contributed by atoms with van der Waals surface area (Å²) in [6.45, 7) is 18.1. The smallest absolute Gasteiger partial charge is 0.0146 e. The van der Waals surface area contributed by atoms with Crippen molar-refractivity contribution >= 4 is 43.2 Å². The lowest BCUT2D eigenvalue weighted by Crippen LogP contribution is -2.03. The first-order chi connectivity index (χ1) is 8.36. The third-order valence-electron chi connectivity index (χ3n) is 2.55. The fourth-order valence-corrected chi connectivity index (χ4v) is 5.16. The molecule has 0 nitrogen and oxygen atoms in total. The van der Waals surface area contributed by atoms with E-state index in [4.69, 9.17) is 0 Å². The standard InChI is InChI=1S/2C7H16S2/c2*1-5-8-9-7(4)6(2)3/h2*6-7H,5H2,1-4H3/t2*7-/m10/s1. The lowest BCUT2D eigenvalue weighted by molar-refractivity contribution is 0.645. The minimum atomic E-state index is 0.801. The van der Waals surface area contributed by atoms with Crippen molar-refractivity contribution < 1.29 is 0 Å². The second kappa shape index (κ2) is 14.8. The van der Waals surface area contributed by atoms with Crippen molar-refractivity contribution in [1.29, 1.82) is 0 Å². The van der Waals surface area contributed by atoms with E-state index < -0.39 is 0 Å². The molecule has 0 aromatic heterocycles. The van der Waals surface area contributed by atoms with Gasteiger partial charge in [0, 0.05) is 22.0 Å². The Morgan fingerprint density at radius 3 is 1.06 bits per heavy atom. The highest BCUT2D eigenvalue weighted by Gasteiger charge is 2.06. The van der Waals surface area contributed by atoms with Crippen LogP contribution in [0.25, 0.3) is 0 Å². The van der Waals surface area contributed by atoms with E-state index in [-0.39, 0.29) is 0 Å². The Morgan fingerprint density at radius 1 is 0.611 bits per heavy atom. The van der Waals surface area contributed by atoms with Gasteiger partial charge in [0.05, 0.1) is 0 Å². The fraction of sp³-hybridized carbons (Fsp3) is 1.00. The number of rotatable bonds is 8. The maximum absolute atomic E-state index is 2.29. The summed E-state index contributed by atoms with van der Waals surface area (Å²) >= 11 is 0. The molecule has 0 aliphatic carbocycles. The zero-order valence-electron chi connectivity index (χ0n) is 13.4. The molecule has 0 fully saturated rings. The monoisotopic (exact) mass is 328 g/mol. The summed E-state index contributed by atoms with van der Waals surface area (Å²) in [6, 6.07) is 0. The van der Waals surface area contributed by atoms with Crippen LogP contribution in [0.2, 0.25) is 0 Å². The van der Waals surface area contributed by atoms with Gasteiger partial charge in [0.1, 0.15) is 0 Å². The predicted molar refractivity (Wildman–Crippen MR) is 100 cm³/mol. The quantitative estimate of drug-likeness (QED) is 0.446. The molecule has 0 spiro atoms. The Morgan fingerprint density at radius 2 is 0.889 bits per heavy atom. The van der Waals surface area contributed by atoms with Gasteiger partial charge in [0.2, 0.25) is 0 Å². The van der Waals surface area contributed by atoms with E-state index in [1.165, 1.54) is 11.5 Å². The fourth-order valence-electron chi connectivity index (χ4n) is 0.573. The van der Waals surface area contributed by atoms with E-state index in [1.807, 2.05) is 43.2 Å². The summed E-state index contributed by atoms with van der Waals surface area (Å²) in [5.41, 5.74) is 0. The summed E-state index contributed by atoms with van der Waals surface area (Å²) in [6.07, 6.45) is 0. The average molecular weight is 329 g/mol. The molecule has 0 amide bonds. The van der Waals surface area contributed by atoms with Crippen molar-refractivity contribution in [3.63, 3.8) is 0 Å². The van der Waals surface area contributed by atoms with Crippen LogP contribution < -0.4 is 0 Å². The van der Waals surface area contributed by atoms with Crippen LogP contribution in [-0.2, 0) is 0 Å². The molecule has 0 rings (SSSR count). The van der Waals surface area contributed by atoms with E-state index in [0.717, 1.165) is 22.3 Å². The van der Waals surface area contributed by atoms with Gasteiger partial charge in [-0.1, -0.05) is 98.6 Å². The molecule has 0 N–H and O–H groups in total. The molecule has 0 unspecified atom stereocenters. The minimum absolute atomic E-state index is 0.801. The Balaban J connectivity index is 0. The molecule has 0 aliphatic heterocycles. The summed E-state index contributed by atoms with van der Waals surface area (Å²) in [5.74, 6) is 4.08. The molecule has 112 valence electrons. The molecule has 0 saturated heterocycles. The highest BCUT2D eigenvalue weighted by Crippen LogP contribution is 2.30. The Labute approximate surface area is 132 Å². The third-order valence-corrected chi connectivity index (χ3v) is 9.04. The van der Waals surface area contributed by atoms with E-state index in [0.29, 0.717) is 0 Å². The first kappa shape index (κ1) is 21.7. The number of hydrogen-bond acceptors (Lipinski definition) is 4. The molecule has 0 aromatic carbocycles. The van der Waals surface area contributed by atoms with Gasteiger partial charge < -0.3 is 0 Å². The van der Waals surface area contributed by atoms with Crippen LogP contribution in [0.1, 0.15) is 55.4 Å². The zero-order chi connectivity index (χ0) is 14.6. The van der Waals surface area contributed by atoms with Crippen molar-refractivity contribution in [3.05, 3.63) is 0 Å². The van der Waals surface area contributed by atoms with Gasteiger partial charge in [-0.15, -0.1) is 0 Å². The molecule has 18 heavy (non-hydrogen) atoms. The SMILES string of the molecule is CCSS[C@@H](C)C(C)C.CCSS[C@H](C)C(C)C. The van der Waals surface area contributed by atoms with Crippen molar-refractivity contribution in [1.82, 2.24) is 0 Å². The van der Waals surface area contributed by atoms with Gasteiger partial charge in [-0.3, -0.25) is 0 Å². The second-order valence-electron chi connectivity index (χ2n) is 4.90. The topological polar surface area (TPSA) is 0 Å². The maximum Gasteiger partial charge on any atom is 0.0146 e. The van der Waals surface area contributed by atoms with Gasteiger partial charge in [-0.25, -0.2) is 0 Å². The summed E-state index contributed by atoms with van der Waals surface area (Å²) in [5, 5.41) is 1.60. The molecule has 0 aliphatic rings. The van der Waals surface area contributed by atoms with Gasteiger partial charge in [0.25, 0.3) is 0 Å². The molecule has 0 aromatic rings. The van der Waals surface area contributed by atoms with Crippen molar-refractivity contribution in [2.24, 2.45) is 11.8 Å². The van der Waals surface area contributed by atoms with E-state index in [2.05, 4.69) is 55.4 Å². The van der Waals surface area contributed by atoms with Crippen LogP contribution in [0.5, 0.6) is 0 Å². The maximum atomic E-state index is 2.29. The molecule has 4 heteroatoms. The average Bonchev–Trinajstić information content (AvgIpc) is 2.33. The highest BCUT2D eigenvalue weighted by atomic mass is 33.1. The van der Waals surface area contributed by atoms with Gasteiger partial charge in [-0.2, -0.15) is 0 Å². The summed E-state index contributed by atoms with van der Waals surface area (Å²) in [7, 11) is 7.92.